The lowest BCUT2D eigenvalue weighted by atomic mass is 10.1. The first kappa shape index (κ1) is 27.5. The Morgan fingerprint density at radius 3 is 2.70 bits per heavy atom. The molecule has 0 unspecified atom stereocenters. The number of hydrogen-bond donors (Lipinski definition) is 1. The number of halogens is 3. The van der Waals surface area contributed by atoms with E-state index in [1.807, 2.05) is 25.7 Å². The number of benzene rings is 1. The van der Waals surface area contributed by atoms with Crippen LogP contribution in [0.25, 0.3) is 0 Å². The summed E-state index contributed by atoms with van der Waals surface area (Å²) in [7, 11) is 1.49. The normalized spacial score (nSPS) is 18.8. The van der Waals surface area contributed by atoms with E-state index < -0.39 is 23.8 Å². The number of hydrogen-bond acceptors (Lipinski definition) is 6. The van der Waals surface area contributed by atoms with Crippen LogP contribution in [0.3, 0.4) is 0 Å². The van der Waals surface area contributed by atoms with E-state index in [1.54, 1.807) is 0 Å². The number of β-amino-alcohol motifs (C(OH)–C–C–N with tert-alkyl or cyclic N) is 1. The molecule has 0 radical (unpaired) electrons. The van der Waals surface area contributed by atoms with Crippen molar-refractivity contribution in [2.75, 3.05) is 59.7 Å². The first-order valence-corrected chi connectivity index (χ1v) is 11.0. The molecule has 7 nitrogen and oxygen atoms in total. The summed E-state index contributed by atoms with van der Waals surface area (Å²) in [6, 6.07) is 4.40. The Kier molecular flexibility index (Phi) is 10.1. The van der Waals surface area contributed by atoms with Crippen molar-refractivity contribution in [3.8, 4) is 0 Å². The van der Waals surface area contributed by atoms with Gasteiger partial charge < -0.3 is 24.2 Å². The molecule has 1 aliphatic rings. The molecule has 0 bridgehead atoms. The Bertz CT molecular complexity index is 754. The number of nitrogens with zero attached hydrogens (tertiary/aromatic N) is 2. The Labute approximate surface area is 193 Å². The van der Waals surface area contributed by atoms with Crippen LogP contribution in [0.2, 0.25) is 0 Å². The summed E-state index contributed by atoms with van der Waals surface area (Å²) in [6.07, 6.45) is -5.54. The summed E-state index contributed by atoms with van der Waals surface area (Å²) in [5, 5.41) is 10.3. The molecule has 1 N–H and O–H groups in total. The minimum Gasteiger partial charge on any atom is -0.389 e. The lowest BCUT2D eigenvalue weighted by Crippen LogP contribution is -2.51. The lowest BCUT2D eigenvalue weighted by Gasteiger charge is -2.36. The van der Waals surface area contributed by atoms with Gasteiger partial charge in [0.1, 0.15) is 0 Å². The maximum absolute atomic E-state index is 13.1. The summed E-state index contributed by atoms with van der Waals surface area (Å²) < 4.78 is 55.7. The molecule has 2 rings (SSSR count). The molecule has 1 aromatic carbocycles. The van der Waals surface area contributed by atoms with Crippen LogP contribution in [0.4, 0.5) is 13.2 Å². The molecule has 1 aromatic rings. The smallest absolute Gasteiger partial charge is 0.389 e. The predicted octanol–water partition coefficient (Wildman–Crippen LogP) is 2.67. The number of aliphatic hydroxyl groups excluding tert-OH is 1. The van der Waals surface area contributed by atoms with Crippen molar-refractivity contribution in [3.63, 3.8) is 0 Å². The molecule has 1 aliphatic heterocycles. The van der Waals surface area contributed by atoms with Crippen LogP contribution in [-0.4, -0.2) is 98.3 Å². The van der Waals surface area contributed by atoms with Gasteiger partial charge in [-0.25, -0.2) is 0 Å². The van der Waals surface area contributed by atoms with Gasteiger partial charge in [0.25, 0.3) is 5.91 Å². The first-order valence-electron chi connectivity index (χ1n) is 11.0. The fraction of sp³-hybridized carbons (Fsp3) is 0.696. The number of carbonyl (C=O) groups is 1. The second-order valence-corrected chi connectivity index (χ2v) is 9.15. The fourth-order valence-electron chi connectivity index (χ4n) is 3.49. The number of alkyl halides is 3. The van der Waals surface area contributed by atoms with Crippen LogP contribution in [0.1, 0.15) is 36.7 Å². The van der Waals surface area contributed by atoms with Crippen LogP contribution in [0.15, 0.2) is 24.3 Å². The van der Waals surface area contributed by atoms with Crippen LogP contribution < -0.4 is 0 Å². The molecular weight excluding hydrogens is 441 g/mol. The average molecular weight is 477 g/mol. The van der Waals surface area contributed by atoms with E-state index in [0.717, 1.165) is 12.1 Å². The highest BCUT2D eigenvalue weighted by Crippen LogP contribution is 2.29. The molecule has 0 saturated carbocycles. The number of carbonyl (C=O) groups excluding carboxylic acids is 1. The molecule has 188 valence electrons. The maximum Gasteiger partial charge on any atom is 0.416 e. The summed E-state index contributed by atoms with van der Waals surface area (Å²) in [4.78, 5) is 16.5. The average Bonchev–Trinajstić information content (AvgIpc) is 2.74. The van der Waals surface area contributed by atoms with Gasteiger partial charge >= 0.3 is 6.18 Å². The molecule has 1 amide bonds. The Hall–Kier alpha value is -1.72. The second kappa shape index (κ2) is 12.1. The lowest BCUT2D eigenvalue weighted by molar-refractivity contribution is -0.137. The predicted molar refractivity (Wildman–Crippen MR) is 117 cm³/mol. The van der Waals surface area contributed by atoms with E-state index in [9.17, 15) is 23.1 Å². The van der Waals surface area contributed by atoms with Gasteiger partial charge in [0.2, 0.25) is 0 Å². The topological polar surface area (TPSA) is 71.5 Å². The zero-order valence-electron chi connectivity index (χ0n) is 19.7. The molecule has 0 spiro atoms. The van der Waals surface area contributed by atoms with Gasteiger partial charge in [-0.2, -0.15) is 13.2 Å². The third-order valence-corrected chi connectivity index (χ3v) is 5.11. The van der Waals surface area contributed by atoms with E-state index in [2.05, 4.69) is 0 Å². The number of morpholine rings is 1. The zero-order valence-corrected chi connectivity index (χ0v) is 19.7. The van der Waals surface area contributed by atoms with Crippen molar-refractivity contribution in [3.05, 3.63) is 35.4 Å². The number of rotatable bonds is 10. The fourth-order valence-corrected chi connectivity index (χ4v) is 3.49. The van der Waals surface area contributed by atoms with Crippen LogP contribution in [-0.2, 0) is 20.4 Å². The maximum atomic E-state index is 13.1. The molecule has 1 fully saturated rings. The Morgan fingerprint density at radius 2 is 2.06 bits per heavy atom. The van der Waals surface area contributed by atoms with Crippen molar-refractivity contribution in [2.45, 2.75) is 44.8 Å². The molecule has 10 heteroatoms. The van der Waals surface area contributed by atoms with Crippen molar-refractivity contribution in [1.82, 2.24) is 9.80 Å². The summed E-state index contributed by atoms with van der Waals surface area (Å²) in [5.41, 5.74) is -1.25. The molecule has 0 aromatic heterocycles. The Balaban J connectivity index is 2.02. The molecular formula is C23H35F3N2O5. The number of aliphatic hydroxyl groups is 1. The third kappa shape index (κ3) is 9.58. The van der Waals surface area contributed by atoms with E-state index in [1.165, 1.54) is 24.1 Å². The molecule has 2 atom stereocenters. The second-order valence-electron chi connectivity index (χ2n) is 9.15. The third-order valence-electron chi connectivity index (χ3n) is 5.11. The van der Waals surface area contributed by atoms with Crippen LogP contribution >= 0.6 is 0 Å². The molecule has 0 aliphatic carbocycles. The van der Waals surface area contributed by atoms with E-state index >= 15 is 0 Å². The van der Waals surface area contributed by atoms with Gasteiger partial charge in [-0.1, -0.05) is 6.07 Å². The van der Waals surface area contributed by atoms with Gasteiger partial charge in [0, 0.05) is 45.4 Å². The highest BCUT2D eigenvalue weighted by Gasteiger charge is 2.32. The van der Waals surface area contributed by atoms with Gasteiger partial charge in [0.15, 0.2) is 0 Å². The zero-order chi connectivity index (χ0) is 24.6. The van der Waals surface area contributed by atoms with Gasteiger partial charge in [0.05, 0.1) is 43.2 Å². The van der Waals surface area contributed by atoms with Crippen molar-refractivity contribution in [1.29, 1.82) is 0 Å². The minimum atomic E-state index is -4.53. The number of amides is 1. The van der Waals surface area contributed by atoms with Gasteiger partial charge in [-0.3, -0.25) is 9.69 Å². The highest BCUT2D eigenvalue weighted by molar-refractivity contribution is 5.94. The molecule has 1 heterocycles. The highest BCUT2D eigenvalue weighted by atomic mass is 19.4. The summed E-state index contributed by atoms with van der Waals surface area (Å²) >= 11 is 0. The van der Waals surface area contributed by atoms with Crippen molar-refractivity contribution < 1.29 is 37.3 Å². The van der Waals surface area contributed by atoms with Crippen LogP contribution in [0, 0.1) is 0 Å². The number of methoxy groups -OCH3 is 1. The quantitative estimate of drug-likeness (QED) is 0.560. The first-order chi connectivity index (χ1) is 15.4. The van der Waals surface area contributed by atoms with Gasteiger partial charge in [-0.05, 0) is 39.0 Å². The van der Waals surface area contributed by atoms with Crippen molar-refractivity contribution in [2.24, 2.45) is 0 Å². The van der Waals surface area contributed by atoms with E-state index in [4.69, 9.17) is 14.2 Å². The van der Waals surface area contributed by atoms with E-state index in [0.29, 0.717) is 26.2 Å². The summed E-state index contributed by atoms with van der Waals surface area (Å²) in [5.74, 6) is -0.516. The van der Waals surface area contributed by atoms with Crippen LogP contribution in [0.5, 0.6) is 0 Å². The summed E-state index contributed by atoms with van der Waals surface area (Å²) in [6.45, 7) is 8.54. The largest absolute Gasteiger partial charge is 0.416 e. The molecule has 33 heavy (non-hydrogen) atoms. The Morgan fingerprint density at radius 1 is 1.33 bits per heavy atom. The minimum absolute atomic E-state index is 0.0386. The van der Waals surface area contributed by atoms with Crippen molar-refractivity contribution >= 4 is 5.91 Å². The van der Waals surface area contributed by atoms with E-state index in [-0.39, 0.29) is 43.6 Å². The monoisotopic (exact) mass is 476 g/mol. The molecule has 1 saturated heterocycles. The number of ether oxygens (including phenoxy) is 3. The van der Waals surface area contributed by atoms with Gasteiger partial charge in [-0.15, -0.1) is 0 Å². The SMILES string of the molecule is COCCN(C[C@@H]1CN(C[C@@H](O)COC(C)(C)C)CCO1)C(=O)c1cccc(C(F)(F)F)c1. The standard InChI is InChI=1S/C23H35F3N2O5/c1-22(2,3)33-16-19(29)13-27-8-11-32-20(14-27)15-28(9-10-31-4)21(30)17-6-5-7-18(12-17)23(24,25)26/h5-7,12,19-20,29H,8-11,13-16H2,1-4H3/t19-,20+/m1/s1.